The normalized spacial score (nSPS) is 16.3. The van der Waals surface area contributed by atoms with Crippen LogP contribution >= 0.6 is 0 Å². The molecule has 0 spiro atoms. The summed E-state index contributed by atoms with van der Waals surface area (Å²) in [6.07, 6.45) is 5.43. The SMILES string of the molecule is Fc1ccc2c(C3CCN(c4ncccn4)CC3)noc2c1. The molecule has 0 N–H and O–H groups in total. The van der Waals surface area contributed by atoms with Gasteiger partial charge in [-0.15, -0.1) is 0 Å². The van der Waals surface area contributed by atoms with Crippen molar-refractivity contribution in [2.75, 3.05) is 18.0 Å². The fourth-order valence-electron chi connectivity index (χ4n) is 3.03. The summed E-state index contributed by atoms with van der Waals surface area (Å²) >= 11 is 0. The lowest BCUT2D eigenvalue weighted by Crippen LogP contribution is -2.34. The van der Waals surface area contributed by atoms with Crippen molar-refractivity contribution in [2.24, 2.45) is 0 Å². The molecule has 5 nitrogen and oxygen atoms in total. The van der Waals surface area contributed by atoms with Crippen molar-refractivity contribution in [1.82, 2.24) is 15.1 Å². The Morgan fingerprint density at radius 3 is 2.68 bits per heavy atom. The van der Waals surface area contributed by atoms with Crippen molar-refractivity contribution in [1.29, 1.82) is 0 Å². The van der Waals surface area contributed by atoms with Crippen LogP contribution in [0.1, 0.15) is 24.5 Å². The Bertz CT molecular complexity index is 781. The van der Waals surface area contributed by atoms with E-state index in [0.29, 0.717) is 11.5 Å². The number of rotatable bonds is 2. The minimum absolute atomic E-state index is 0.300. The van der Waals surface area contributed by atoms with Crippen LogP contribution in [0.2, 0.25) is 0 Å². The average molecular weight is 298 g/mol. The molecule has 0 bridgehead atoms. The molecule has 0 saturated carbocycles. The smallest absolute Gasteiger partial charge is 0.225 e. The van der Waals surface area contributed by atoms with Gasteiger partial charge >= 0.3 is 0 Å². The minimum Gasteiger partial charge on any atom is -0.356 e. The maximum absolute atomic E-state index is 13.2. The molecule has 1 aromatic carbocycles. The molecule has 3 heterocycles. The first-order valence-electron chi connectivity index (χ1n) is 7.38. The highest BCUT2D eigenvalue weighted by Crippen LogP contribution is 2.33. The van der Waals surface area contributed by atoms with Crippen LogP contribution in [0.15, 0.2) is 41.2 Å². The molecule has 1 aliphatic rings. The van der Waals surface area contributed by atoms with Gasteiger partial charge in [0.1, 0.15) is 5.82 Å². The Morgan fingerprint density at radius 2 is 1.91 bits per heavy atom. The van der Waals surface area contributed by atoms with Gasteiger partial charge in [-0.3, -0.25) is 0 Å². The van der Waals surface area contributed by atoms with Crippen molar-refractivity contribution >= 4 is 16.9 Å². The predicted octanol–water partition coefficient (Wildman–Crippen LogP) is 3.14. The zero-order valence-corrected chi connectivity index (χ0v) is 11.9. The fourth-order valence-corrected chi connectivity index (χ4v) is 3.03. The Balaban J connectivity index is 1.53. The third-order valence-corrected chi connectivity index (χ3v) is 4.18. The largest absolute Gasteiger partial charge is 0.356 e. The summed E-state index contributed by atoms with van der Waals surface area (Å²) in [7, 11) is 0. The van der Waals surface area contributed by atoms with E-state index in [1.54, 1.807) is 18.5 Å². The van der Waals surface area contributed by atoms with Gasteiger partial charge in [0.2, 0.25) is 5.95 Å². The molecule has 4 rings (SSSR count). The van der Waals surface area contributed by atoms with E-state index >= 15 is 0 Å². The van der Waals surface area contributed by atoms with Gasteiger partial charge in [0, 0.05) is 42.9 Å². The van der Waals surface area contributed by atoms with Crippen molar-refractivity contribution in [2.45, 2.75) is 18.8 Å². The van der Waals surface area contributed by atoms with Crippen LogP contribution in [0, 0.1) is 5.82 Å². The number of fused-ring (bicyclic) bond motifs is 1. The third-order valence-electron chi connectivity index (χ3n) is 4.18. The maximum atomic E-state index is 13.2. The molecule has 6 heteroatoms. The first-order chi connectivity index (χ1) is 10.8. The molecular formula is C16H15FN4O. The highest BCUT2D eigenvalue weighted by molar-refractivity contribution is 5.79. The standard InChI is InChI=1S/C16H15FN4O/c17-12-2-3-13-14(10-12)22-20-15(13)11-4-8-21(9-5-11)16-18-6-1-7-19-16/h1-3,6-7,10-11H,4-5,8-9H2. The molecule has 2 aromatic heterocycles. The molecule has 0 radical (unpaired) electrons. The van der Waals surface area contributed by atoms with Crippen LogP contribution < -0.4 is 4.90 Å². The average Bonchev–Trinajstić information content (AvgIpc) is 2.99. The number of aromatic nitrogens is 3. The van der Waals surface area contributed by atoms with Crippen LogP contribution in [0.3, 0.4) is 0 Å². The van der Waals surface area contributed by atoms with Gasteiger partial charge in [0.05, 0.1) is 5.69 Å². The van der Waals surface area contributed by atoms with E-state index in [-0.39, 0.29) is 5.82 Å². The Morgan fingerprint density at radius 1 is 1.14 bits per heavy atom. The Labute approximate surface area is 126 Å². The van der Waals surface area contributed by atoms with E-state index in [4.69, 9.17) is 4.52 Å². The molecule has 0 aliphatic carbocycles. The fraction of sp³-hybridized carbons (Fsp3) is 0.312. The monoisotopic (exact) mass is 298 g/mol. The molecule has 1 aliphatic heterocycles. The van der Waals surface area contributed by atoms with Gasteiger partial charge in [-0.1, -0.05) is 5.16 Å². The molecule has 0 unspecified atom stereocenters. The lowest BCUT2D eigenvalue weighted by Gasteiger charge is -2.31. The summed E-state index contributed by atoms with van der Waals surface area (Å²) in [5.74, 6) is 0.797. The maximum Gasteiger partial charge on any atom is 0.225 e. The molecule has 1 fully saturated rings. The van der Waals surface area contributed by atoms with Gasteiger partial charge in [-0.2, -0.15) is 0 Å². The molecular weight excluding hydrogens is 283 g/mol. The summed E-state index contributed by atoms with van der Waals surface area (Å²) in [4.78, 5) is 10.8. The van der Waals surface area contributed by atoms with Crippen molar-refractivity contribution in [3.63, 3.8) is 0 Å². The lowest BCUT2D eigenvalue weighted by molar-refractivity contribution is 0.415. The number of piperidine rings is 1. The van der Waals surface area contributed by atoms with E-state index in [1.165, 1.54) is 12.1 Å². The topological polar surface area (TPSA) is 55.1 Å². The molecule has 0 amide bonds. The second-order valence-electron chi connectivity index (χ2n) is 5.52. The summed E-state index contributed by atoms with van der Waals surface area (Å²) < 4.78 is 18.5. The molecule has 22 heavy (non-hydrogen) atoms. The van der Waals surface area contributed by atoms with Gasteiger partial charge in [0.25, 0.3) is 0 Å². The Kier molecular flexibility index (Phi) is 3.21. The van der Waals surface area contributed by atoms with Crippen LogP contribution in [0.4, 0.5) is 10.3 Å². The third kappa shape index (κ3) is 2.30. The number of anilines is 1. The van der Waals surface area contributed by atoms with Crippen molar-refractivity contribution in [3.05, 3.63) is 48.2 Å². The van der Waals surface area contributed by atoms with Crippen LogP contribution in [0.5, 0.6) is 0 Å². The lowest BCUT2D eigenvalue weighted by atomic mass is 9.92. The summed E-state index contributed by atoms with van der Waals surface area (Å²) in [5, 5.41) is 5.08. The molecule has 0 atom stereocenters. The number of halogens is 1. The van der Waals surface area contributed by atoms with Crippen LogP contribution in [-0.2, 0) is 0 Å². The highest BCUT2D eigenvalue weighted by atomic mass is 19.1. The predicted molar refractivity (Wildman–Crippen MR) is 80.2 cm³/mol. The van der Waals surface area contributed by atoms with E-state index in [1.807, 2.05) is 6.07 Å². The first-order valence-corrected chi connectivity index (χ1v) is 7.38. The zero-order chi connectivity index (χ0) is 14.9. The minimum atomic E-state index is -0.300. The first kappa shape index (κ1) is 13.2. The zero-order valence-electron chi connectivity index (χ0n) is 11.9. The summed E-state index contributed by atoms with van der Waals surface area (Å²) in [6, 6.07) is 6.41. The number of nitrogens with zero attached hydrogens (tertiary/aromatic N) is 4. The van der Waals surface area contributed by atoms with Crippen LogP contribution in [0.25, 0.3) is 11.0 Å². The Hall–Kier alpha value is -2.50. The van der Waals surface area contributed by atoms with E-state index in [0.717, 1.165) is 43.0 Å². The number of hydrogen-bond acceptors (Lipinski definition) is 5. The molecule has 112 valence electrons. The van der Waals surface area contributed by atoms with E-state index in [9.17, 15) is 4.39 Å². The second kappa shape index (κ2) is 5.36. The molecule has 1 saturated heterocycles. The summed E-state index contributed by atoms with van der Waals surface area (Å²) in [6.45, 7) is 1.76. The van der Waals surface area contributed by atoms with E-state index in [2.05, 4.69) is 20.0 Å². The number of benzene rings is 1. The van der Waals surface area contributed by atoms with Gasteiger partial charge in [-0.05, 0) is 31.0 Å². The van der Waals surface area contributed by atoms with Crippen molar-refractivity contribution in [3.8, 4) is 0 Å². The van der Waals surface area contributed by atoms with Gasteiger partial charge in [-0.25, -0.2) is 14.4 Å². The highest BCUT2D eigenvalue weighted by Gasteiger charge is 2.26. The van der Waals surface area contributed by atoms with Crippen molar-refractivity contribution < 1.29 is 8.91 Å². The van der Waals surface area contributed by atoms with Crippen LogP contribution in [-0.4, -0.2) is 28.2 Å². The summed E-state index contributed by atoms with van der Waals surface area (Å²) in [5.41, 5.74) is 1.45. The molecule has 3 aromatic rings. The van der Waals surface area contributed by atoms with Gasteiger partial charge < -0.3 is 9.42 Å². The van der Waals surface area contributed by atoms with E-state index < -0.39 is 0 Å². The van der Waals surface area contributed by atoms with Gasteiger partial charge in [0.15, 0.2) is 5.58 Å². The second-order valence-corrected chi connectivity index (χ2v) is 5.52. The quantitative estimate of drug-likeness (QED) is 0.727. The number of hydrogen-bond donors (Lipinski definition) is 0.